The van der Waals surface area contributed by atoms with E-state index < -0.39 is 0 Å². The highest BCUT2D eigenvalue weighted by Crippen LogP contribution is 2.32. The van der Waals surface area contributed by atoms with Crippen LogP contribution in [0, 0.1) is 0 Å². The van der Waals surface area contributed by atoms with E-state index in [1.807, 2.05) is 43.3 Å². The molecule has 150 valence electrons. The molecule has 0 atom stereocenters. The standard InChI is InChI=1S/C21H21N3O3S2/c1-2-27-16-8-9-17-18(12-16)29-21(22-17)28-13-19(25)23-10-11-24(14-23)20(26)15-6-4-3-5-7-15/h3-9,12H,2,10-11,13-14H2,1H3. The van der Waals surface area contributed by atoms with Gasteiger partial charge in [0.25, 0.3) is 5.91 Å². The third-order valence-corrected chi connectivity index (χ3v) is 6.76. The summed E-state index contributed by atoms with van der Waals surface area (Å²) in [5, 5.41) is 0. The van der Waals surface area contributed by atoms with Crippen LogP contribution in [0.4, 0.5) is 0 Å². The predicted octanol–water partition coefficient (Wildman–Crippen LogP) is 3.73. The minimum absolute atomic E-state index is 0.0209. The Morgan fingerprint density at radius 2 is 1.93 bits per heavy atom. The summed E-state index contributed by atoms with van der Waals surface area (Å²) in [6, 6.07) is 15.0. The van der Waals surface area contributed by atoms with Crippen LogP contribution in [-0.4, -0.2) is 58.7 Å². The van der Waals surface area contributed by atoms with Crippen LogP contribution in [0.1, 0.15) is 17.3 Å². The van der Waals surface area contributed by atoms with Crippen LogP contribution in [0.25, 0.3) is 10.2 Å². The van der Waals surface area contributed by atoms with Gasteiger partial charge in [0.2, 0.25) is 5.91 Å². The quantitative estimate of drug-likeness (QED) is 0.561. The van der Waals surface area contributed by atoms with Gasteiger partial charge in [-0.3, -0.25) is 9.59 Å². The monoisotopic (exact) mass is 427 g/mol. The lowest BCUT2D eigenvalue weighted by Crippen LogP contribution is -2.34. The Kier molecular flexibility index (Phi) is 6.01. The summed E-state index contributed by atoms with van der Waals surface area (Å²) in [4.78, 5) is 33.2. The van der Waals surface area contributed by atoms with E-state index in [4.69, 9.17) is 4.74 Å². The normalized spacial score (nSPS) is 13.8. The highest BCUT2D eigenvalue weighted by atomic mass is 32.2. The van der Waals surface area contributed by atoms with Gasteiger partial charge in [-0.2, -0.15) is 0 Å². The third-order valence-electron chi connectivity index (χ3n) is 4.61. The Hall–Kier alpha value is -2.58. The number of ether oxygens (including phenoxy) is 1. The van der Waals surface area contributed by atoms with E-state index in [0.717, 1.165) is 20.3 Å². The molecule has 1 aromatic heterocycles. The fourth-order valence-corrected chi connectivity index (χ4v) is 5.14. The number of hydrogen-bond donors (Lipinski definition) is 0. The van der Waals surface area contributed by atoms with Gasteiger partial charge >= 0.3 is 0 Å². The van der Waals surface area contributed by atoms with Crippen LogP contribution in [0.3, 0.4) is 0 Å². The summed E-state index contributed by atoms with van der Waals surface area (Å²) < 4.78 is 7.44. The van der Waals surface area contributed by atoms with Gasteiger partial charge in [0.1, 0.15) is 5.75 Å². The lowest BCUT2D eigenvalue weighted by atomic mass is 10.2. The lowest BCUT2D eigenvalue weighted by Gasteiger charge is -2.18. The SMILES string of the molecule is CCOc1ccc2nc(SCC(=O)N3CCN(C(=O)c4ccccc4)C3)sc2c1. The molecule has 2 aromatic carbocycles. The molecule has 1 saturated heterocycles. The van der Waals surface area contributed by atoms with Crippen molar-refractivity contribution in [2.45, 2.75) is 11.3 Å². The molecule has 4 rings (SSSR count). The van der Waals surface area contributed by atoms with Gasteiger partial charge in [-0.05, 0) is 37.3 Å². The van der Waals surface area contributed by atoms with Crippen molar-refractivity contribution in [1.29, 1.82) is 0 Å². The van der Waals surface area contributed by atoms with Gasteiger partial charge in [0.15, 0.2) is 4.34 Å². The molecule has 0 aliphatic carbocycles. The van der Waals surface area contributed by atoms with Crippen LogP contribution in [0.2, 0.25) is 0 Å². The first kappa shape index (κ1) is 19.7. The molecule has 6 nitrogen and oxygen atoms in total. The lowest BCUT2D eigenvalue weighted by molar-refractivity contribution is -0.127. The molecule has 2 amide bonds. The number of thioether (sulfide) groups is 1. The molecular formula is C21H21N3O3S2. The van der Waals surface area contributed by atoms with Gasteiger partial charge in [-0.1, -0.05) is 30.0 Å². The maximum Gasteiger partial charge on any atom is 0.255 e. The molecule has 29 heavy (non-hydrogen) atoms. The van der Waals surface area contributed by atoms with Crippen LogP contribution in [0.15, 0.2) is 52.9 Å². The van der Waals surface area contributed by atoms with Gasteiger partial charge in [-0.25, -0.2) is 4.98 Å². The molecule has 0 bridgehead atoms. The molecule has 0 saturated carbocycles. The minimum Gasteiger partial charge on any atom is -0.494 e. The highest BCUT2D eigenvalue weighted by Gasteiger charge is 2.28. The van der Waals surface area contributed by atoms with Crippen molar-refractivity contribution in [1.82, 2.24) is 14.8 Å². The summed E-state index contributed by atoms with van der Waals surface area (Å²) in [6.45, 7) is 4.04. The van der Waals surface area contributed by atoms with Crippen molar-refractivity contribution in [2.75, 3.05) is 32.1 Å². The topological polar surface area (TPSA) is 62.7 Å². The van der Waals surface area contributed by atoms with Crippen molar-refractivity contribution in [3.8, 4) is 5.75 Å². The second-order valence-corrected chi connectivity index (χ2v) is 8.82. The Balaban J connectivity index is 1.33. The molecule has 8 heteroatoms. The maximum atomic E-state index is 12.6. The summed E-state index contributed by atoms with van der Waals surface area (Å²) in [7, 11) is 0. The number of nitrogens with zero attached hydrogens (tertiary/aromatic N) is 3. The van der Waals surface area contributed by atoms with E-state index >= 15 is 0 Å². The van der Waals surface area contributed by atoms with Crippen molar-refractivity contribution < 1.29 is 14.3 Å². The van der Waals surface area contributed by atoms with Crippen molar-refractivity contribution in [2.24, 2.45) is 0 Å². The number of amides is 2. The first-order valence-electron chi connectivity index (χ1n) is 9.42. The van der Waals surface area contributed by atoms with Crippen molar-refractivity contribution in [3.63, 3.8) is 0 Å². The minimum atomic E-state index is -0.0372. The molecule has 3 aromatic rings. The first-order valence-corrected chi connectivity index (χ1v) is 11.2. The average molecular weight is 428 g/mol. The van der Waals surface area contributed by atoms with E-state index in [1.54, 1.807) is 33.3 Å². The fraction of sp³-hybridized carbons (Fsp3) is 0.286. The number of rotatable bonds is 6. The Labute approximate surface area is 177 Å². The number of carbonyl (C=O) groups is 2. The third kappa shape index (κ3) is 4.54. The van der Waals surface area contributed by atoms with Gasteiger partial charge < -0.3 is 14.5 Å². The molecule has 1 aliphatic heterocycles. The molecular weight excluding hydrogens is 406 g/mol. The number of thiazole rings is 1. The van der Waals surface area contributed by atoms with Crippen LogP contribution < -0.4 is 4.74 Å². The molecule has 0 radical (unpaired) electrons. The number of hydrogen-bond acceptors (Lipinski definition) is 6. The largest absolute Gasteiger partial charge is 0.494 e. The van der Waals surface area contributed by atoms with E-state index in [0.29, 0.717) is 37.7 Å². The van der Waals surface area contributed by atoms with Gasteiger partial charge in [-0.15, -0.1) is 11.3 Å². The van der Waals surface area contributed by atoms with Crippen molar-refractivity contribution in [3.05, 3.63) is 54.1 Å². The Morgan fingerprint density at radius 1 is 1.14 bits per heavy atom. The summed E-state index contributed by atoms with van der Waals surface area (Å²) in [5.41, 5.74) is 1.56. The van der Waals surface area contributed by atoms with E-state index in [-0.39, 0.29) is 11.8 Å². The second-order valence-electron chi connectivity index (χ2n) is 6.56. The van der Waals surface area contributed by atoms with E-state index in [2.05, 4.69) is 4.98 Å². The molecule has 0 spiro atoms. The van der Waals surface area contributed by atoms with Gasteiger partial charge in [0.05, 0.1) is 29.2 Å². The summed E-state index contributed by atoms with van der Waals surface area (Å²) >= 11 is 3.00. The fourth-order valence-electron chi connectivity index (χ4n) is 3.14. The average Bonchev–Trinajstić information content (AvgIpc) is 3.39. The van der Waals surface area contributed by atoms with E-state index in [1.165, 1.54) is 11.8 Å². The number of carbonyl (C=O) groups excluding carboxylic acids is 2. The van der Waals surface area contributed by atoms with Gasteiger partial charge in [0, 0.05) is 18.7 Å². The van der Waals surface area contributed by atoms with Crippen LogP contribution in [-0.2, 0) is 4.79 Å². The molecule has 1 fully saturated rings. The van der Waals surface area contributed by atoms with Crippen molar-refractivity contribution >= 4 is 45.1 Å². The molecule has 1 aliphatic rings. The zero-order chi connectivity index (χ0) is 20.2. The molecule has 2 heterocycles. The number of fused-ring (bicyclic) bond motifs is 1. The highest BCUT2D eigenvalue weighted by molar-refractivity contribution is 8.01. The maximum absolute atomic E-state index is 12.6. The molecule has 0 unspecified atom stereocenters. The summed E-state index contributed by atoms with van der Waals surface area (Å²) in [5.74, 6) is 1.12. The smallest absolute Gasteiger partial charge is 0.255 e. The van der Waals surface area contributed by atoms with Crippen LogP contribution >= 0.6 is 23.1 Å². The van der Waals surface area contributed by atoms with Crippen LogP contribution in [0.5, 0.6) is 5.75 Å². The zero-order valence-electron chi connectivity index (χ0n) is 16.0. The Morgan fingerprint density at radius 3 is 2.72 bits per heavy atom. The number of aromatic nitrogens is 1. The summed E-state index contributed by atoms with van der Waals surface area (Å²) in [6.07, 6.45) is 0. The van der Waals surface area contributed by atoms with E-state index in [9.17, 15) is 9.59 Å². The predicted molar refractivity (Wildman–Crippen MR) is 116 cm³/mol. The first-order chi connectivity index (χ1) is 14.1. The Bertz CT molecular complexity index is 1020. The second kappa shape index (κ2) is 8.84. The zero-order valence-corrected chi connectivity index (χ0v) is 17.7. The number of benzene rings is 2. The molecule has 0 N–H and O–H groups in total.